The third kappa shape index (κ3) is 2.33. The minimum atomic E-state index is -0.741. The summed E-state index contributed by atoms with van der Waals surface area (Å²) in [6.07, 6.45) is 1.42. The Morgan fingerprint density at radius 3 is 2.83 bits per heavy atom. The van der Waals surface area contributed by atoms with Gasteiger partial charge in [-0.05, 0) is 31.0 Å². The van der Waals surface area contributed by atoms with Gasteiger partial charge in [0.25, 0.3) is 5.91 Å². The van der Waals surface area contributed by atoms with Crippen molar-refractivity contribution < 1.29 is 13.6 Å². The minimum absolute atomic E-state index is 0.206. The number of likely N-dealkylation sites (tertiary alicyclic amines) is 1. The van der Waals surface area contributed by atoms with Gasteiger partial charge in [-0.25, -0.2) is 8.78 Å². The lowest BCUT2D eigenvalue weighted by molar-refractivity contribution is 0.0765. The molecule has 1 saturated heterocycles. The van der Waals surface area contributed by atoms with Crippen molar-refractivity contribution in [2.45, 2.75) is 18.9 Å². The van der Waals surface area contributed by atoms with Crippen molar-refractivity contribution in [1.29, 1.82) is 0 Å². The second kappa shape index (κ2) is 4.97. The van der Waals surface area contributed by atoms with Crippen molar-refractivity contribution >= 4 is 23.1 Å². The molecule has 0 radical (unpaired) electrons. The predicted octanol–water partition coefficient (Wildman–Crippen LogP) is 1.86. The first-order valence-corrected chi connectivity index (χ1v) is 5.97. The maximum atomic E-state index is 13.5. The number of rotatable bonds is 2. The SMILES string of the molecule is NC(=S)C1CCCN1C(=O)c1cc(F)ccc1F. The van der Waals surface area contributed by atoms with Crippen LogP contribution in [0.4, 0.5) is 8.78 Å². The summed E-state index contributed by atoms with van der Waals surface area (Å²) in [5.41, 5.74) is 5.26. The maximum Gasteiger partial charge on any atom is 0.257 e. The molecule has 18 heavy (non-hydrogen) atoms. The smallest absolute Gasteiger partial charge is 0.257 e. The van der Waals surface area contributed by atoms with Gasteiger partial charge < -0.3 is 10.6 Å². The number of nitrogens with two attached hydrogens (primary N) is 1. The molecule has 1 aromatic rings. The van der Waals surface area contributed by atoms with E-state index < -0.39 is 17.5 Å². The molecular formula is C12H12F2N2OS. The van der Waals surface area contributed by atoms with Gasteiger partial charge in [0, 0.05) is 6.54 Å². The summed E-state index contributed by atoms with van der Waals surface area (Å²) in [5, 5.41) is 0. The zero-order valence-electron chi connectivity index (χ0n) is 9.53. The molecule has 1 aliphatic rings. The number of amides is 1. The number of benzene rings is 1. The van der Waals surface area contributed by atoms with Crippen molar-refractivity contribution in [3.63, 3.8) is 0 Å². The fourth-order valence-corrected chi connectivity index (χ4v) is 2.37. The Kier molecular flexibility index (Phi) is 3.56. The highest BCUT2D eigenvalue weighted by Gasteiger charge is 2.32. The quantitative estimate of drug-likeness (QED) is 0.834. The Labute approximate surface area is 109 Å². The van der Waals surface area contributed by atoms with Gasteiger partial charge in [0.1, 0.15) is 11.6 Å². The lowest BCUT2D eigenvalue weighted by Gasteiger charge is -2.23. The highest BCUT2D eigenvalue weighted by atomic mass is 32.1. The Morgan fingerprint density at radius 2 is 2.17 bits per heavy atom. The standard InChI is InChI=1S/C12H12F2N2OS/c13-7-3-4-9(14)8(6-7)12(17)16-5-1-2-10(16)11(15)18/h3-4,6,10H,1-2,5H2,(H2,15,18). The van der Waals surface area contributed by atoms with Gasteiger partial charge in [-0.1, -0.05) is 12.2 Å². The number of halogens is 2. The number of hydrogen-bond acceptors (Lipinski definition) is 2. The van der Waals surface area contributed by atoms with Crippen LogP contribution in [-0.2, 0) is 0 Å². The molecule has 1 fully saturated rings. The molecule has 0 spiro atoms. The van der Waals surface area contributed by atoms with Crippen molar-refractivity contribution in [1.82, 2.24) is 4.90 Å². The molecule has 6 heteroatoms. The molecule has 2 rings (SSSR count). The van der Waals surface area contributed by atoms with E-state index in [0.29, 0.717) is 13.0 Å². The molecule has 3 nitrogen and oxygen atoms in total. The number of thiocarbonyl (C=S) groups is 1. The first-order valence-electron chi connectivity index (χ1n) is 5.56. The number of hydrogen-bond donors (Lipinski definition) is 1. The van der Waals surface area contributed by atoms with Gasteiger partial charge in [0.05, 0.1) is 16.6 Å². The van der Waals surface area contributed by atoms with Crippen molar-refractivity contribution in [2.75, 3.05) is 6.54 Å². The fourth-order valence-electron chi connectivity index (χ4n) is 2.12. The fraction of sp³-hybridized carbons (Fsp3) is 0.333. The molecule has 1 atom stereocenters. The zero-order valence-corrected chi connectivity index (χ0v) is 10.3. The third-order valence-corrected chi connectivity index (χ3v) is 3.27. The Balaban J connectivity index is 2.31. The van der Waals surface area contributed by atoms with Gasteiger partial charge in [-0.3, -0.25) is 4.79 Å². The number of nitrogens with zero attached hydrogens (tertiary/aromatic N) is 1. The average molecular weight is 270 g/mol. The molecule has 1 heterocycles. The zero-order chi connectivity index (χ0) is 13.3. The van der Waals surface area contributed by atoms with Gasteiger partial charge in [-0.15, -0.1) is 0 Å². The van der Waals surface area contributed by atoms with Gasteiger partial charge in [0.2, 0.25) is 0 Å². The van der Waals surface area contributed by atoms with Gasteiger partial charge >= 0.3 is 0 Å². The lowest BCUT2D eigenvalue weighted by atomic mass is 10.1. The molecule has 1 amide bonds. The highest BCUT2D eigenvalue weighted by molar-refractivity contribution is 7.80. The van der Waals surface area contributed by atoms with E-state index in [-0.39, 0.29) is 16.6 Å². The normalized spacial score (nSPS) is 19.0. The predicted molar refractivity (Wildman–Crippen MR) is 67.2 cm³/mol. The number of carbonyl (C=O) groups excluding carboxylic acids is 1. The van der Waals surface area contributed by atoms with Crippen LogP contribution in [0.15, 0.2) is 18.2 Å². The molecule has 1 unspecified atom stereocenters. The van der Waals surface area contributed by atoms with Gasteiger partial charge in [0.15, 0.2) is 0 Å². The van der Waals surface area contributed by atoms with Crippen LogP contribution in [0.5, 0.6) is 0 Å². The lowest BCUT2D eigenvalue weighted by Crippen LogP contribution is -2.43. The Morgan fingerprint density at radius 1 is 1.44 bits per heavy atom. The van der Waals surface area contributed by atoms with E-state index in [1.807, 2.05) is 0 Å². The van der Waals surface area contributed by atoms with E-state index in [1.54, 1.807) is 0 Å². The van der Waals surface area contributed by atoms with Crippen LogP contribution in [0.25, 0.3) is 0 Å². The first kappa shape index (κ1) is 12.9. The summed E-state index contributed by atoms with van der Waals surface area (Å²) in [6, 6.07) is 2.44. The van der Waals surface area contributed by atoms with Crippen LogP contribution in [0.3, 0.4) is 0 Å². The summed E-state index contributed by atoms with van der Waals surface area (Å²) in [6.45, 7) is 0.455. The van der Waals surface area contributed by atoms with Crippen molar-refractivity contribution in [3.05, 3.63) is 35.4 Å². The van der Waals surface area contributed by atoms with E-state index in [2.05, 4.69) is 0 Å². The summed E-state index contributed by atoms with van der Waals surface area (Å²) in [4.78, 5) is 13.7. The molecule has 0 saturated carbocycles. The van der Waals surface area contributed by atoms with Crippen molar-refractivity contribution in [2.24, 2.45) is 5.73 Å². The summed E-state index contributed by atoms with van der Waals surface area (Å²) in [5.74, 6) is -1.96. The summed E-state index contributed by atoms with van der Waals surface area (Å²) in [7, 11) is 0. The topological polar surface area (TPSA) is 46.3 Å². The Hall–Kier alpha value is -1.56. The maximum absolute atomic E-state index is 13.5. The van der Waals surface area contributed by atoms with Crippen LogP contribution in [0.2, 0.25) is 0 Å². The Bertz CT molecular complexity index is 507. The summed E-state index contributed by atoms with van der Waals surface area (Å²) < 4.78 is 26.6. The van der Waals surface area contributed by atoms with Crippen LogP contribution < -0.4 is 5.73 Å². The van der Waals surface area contributed by atoms with E-state index in [9.17, 15) is 13.6 Å². The molecule has 2 N–H and O–H groups in total. The molecule has 0 bridgehead atoms. The highest BCUT2D eigenvalue weighted by Crippen LogP contribution is 2.22. The monoisotopic (exact) mass is 270 g/mol. The van der Waals surface area contributed by atoms with Crippen LogP contribution in [0, 0.1) is 11.6 Å². The average Bonchev–Trinajstić information content (AvgIpc) is 2.80. The van der Waals surface area contributed by atoms with E-state index in [0.717, 1.165) is 24.6 Å². The molecule has 0 aromatic heterocycles. The van der Waals surface area contributed by atoms with Crippen LogP contribution in [-0.4, -0.2) is 28.4 Å². The number of carbonyl (C=O) groups is 1. The summed E-state index contributed by atoms with van der Waals surface area (Å²) >= 11 is 4.88. The van der Waals surface area contributed by atoms with E-state index in [1.165, 1.54) is 4.90 Å². The third-order valence-electron chi connectivity index (χ3n) is 3.00. The minimum Gasteiger partial charge on any atom is -0.392 e. The van der Waals surface area contributed by atoms with E-state index >= 15 is 0 Å². The molecule has 0 aliphatic carbocycles. The first-order chi connectivity index (χ1) is 8.50. The molecule has 1 aliphatic heterocycles. The van der Waals surface area contributed by atoms with Gasteiger partial charge in [-0.2, -0.15) is 0 Å². The molecular weight excluding hydrogens is 258 g/mol. The second-order valence-corrected chi connectivity index (χ2v) is 4.65. The van der Waals surface area contributed by atoms with E-state index in [4.69, 9.17) is 18.0 Å². The largest absolute Gasteiger partial charge is 0.392 e. The van der Waals surface area contributed by atoms with Crippen LogP contribution in [0.1, 0.15) is 23.2 Å². The molecule has 96 valence electrons. The van der Waals surface area contributed by atoms with Crippen LogP contribution >= 0.6 is 12.2 Å². The molecule has 1 aromatic carbocycles. The van der Waals surface area contributed by atoms with Crippen molar-refractivity contribution in [3.8, 4) is 0 Å². The second-order valence-electron chi connectivity index (χ2n) is 4.18.